The molecule has 2 heterocycles. The zero-order valence-electron chi connectivity index (χ0n) is 15.6. The van der Waals surface area contributed by atoms with Gasteiger partial charge in [-0.25, -0.2) is 4.68 Å². The molecule has 0 aliphatic heterocycles. The van der Waals surface area contributed by atoms with E-state index in [-0.39, 0.29) is 0 Å². The van der Waals surface area contributed by atoms with Crippen molar-refractivity contribution >= 4 is 27.1 Å². The number of alkyl halides is 3. The van der Waals surface area contributed by atoms with Crippen LogP contribution in [0.2, 0.25) is 0 Å². The second-order valence-corrected chi connectivity index (χ2v) is 8.02. The SMILES string of the molecule is C=C(N)c1cn(-c2cccc3cc(Cc4cccc(C(F)(F)F)c4)sc23)nc1C. The molecule has 0 saturated heterocycles. The molecule has 0 spiro atoms. The van der Waals surface area contributed by atoms with Crippen LogP contribution < -0.4 is 5.73 Å². The summed E-state index contributed by atoms with van der Waals surface area (Å²) in [6.07, 6.45) is -2.06. The number of nitrogens with two attached hydrogens (primary N) is 1. The van der Waals surface area contributed by atoms with Gasteiger partial charge in [-0.05, 0) is 36.1 Å². The number of aryl methyl sites for hydroxylation is 1. The van der Waals surface area contributed by atoms with Crippen LogP contribution in [0.3, 0.4) is 0 Å². The Morgan fingerprint density at radius 3 is 2.62 bits per heavy atom. The fourth-order valence-electron chi connectivity index (χ4n) is 3.33. The molecular formula is C22H18F3N3S. The van der Waals surface area contributed by atoms with Crippen molar-refractivity contribution in [3.05, 3.63) is 88.6 Å². The van der Waals surface area contributed by atoms with Gasteiger partial charge in [0.1, 0.15) is 0 Å². The van der Waals surface area contributed by atoms with Gasteiger partial charge in [0.05, 0.1) is 21.6 Å². The van der Waals surface area contributed by atoms with Crippen LogP contribution in [0.5, 0.6) is 0 Å². The minimum absolute atomic E-state index is 0.436. The van der Waals surface area contributed by atoms with E-state index in [1.807, 2.05) is 37.4 Å². The number of halogens is 3. The van der Waals surface area contributed by atoms with Gasteiger partial charge in [-0.2, -0.15) is 18.3 Å². The summed E-state index contributed by atoms with van der Waals surface area (Å²) in [5, 5.41) is 5.57. The Labute approximate surface area is 169 Å². The maximum absolute atomic E-state index is 13.0. The first-order valence-corrected chi connectivity index (χ1v) is 9.73. The first-order chi connectivity index (χ1) is 13.7. The van der Waals surface area contributed by atoms with Crippen molar-refractivity contribution in [3.63, 3.8) is 0 Å². The molecular weight excluding hydrogens is 395 g/mol. The molecule has 0 unspecified atom stereocenters. The molecule has 4 rings (SSSR count). The van der Waals surface area contributed by atoms with E-state index in [2.05, 4.69) is 11.7 Å². The molecule has 0 saturated carbocycles. The molecule has 0 radical (unpaired) electrons. The Bertz CT molecular complexity index is 1220. The van der Waals surface area contributed by atoms with Gasteiger partial charge in [-0.3, -0.25) is 0 Å². The van der Waals surface area contributed by atoms with Crippen molar-refractivity contribution in [1.29, 1.82) is 0 Å². The maximum atomic E-state index is 13.0. The van der Waals surface area contributed by atoms with E-state index in [1.54, 1.807) is 22.1 Å². The van der Waals surface area contributed by atoms with E-state index >= 15 is 0 Å². The van der Waals surface area contributed by atoms with Gasteiger partial charge < -0.3 is 5.73 Å². The number of fused-ring (bicyclic) bond motifs is 1. The average Bonchev–Trinajstić information content (AvgIpc) is 3.23. The first-order valence-electron chi connectivity index (χ1n) is 8.91. The smallest absolute Gasteiger partial charge is 0.399 e. The van der Waals surface area contributed by atoms with Gasteiger partial charge in [-0.1, -0.05) is 36.9 Å². The Balaban J connectivity index is 1.72. The molecule has 29 heavy (non-hydrogen) atoms. The van der Waals surface area contributed by atoms with Crippen LogP contribution in [0.15, 0.2) is 61.3 Å². The van der Waals surface area contributed by atoms with Crippen LogP contribution >= 0.6 is 11.3 Å². The predicted molar refractivity (Wildman–Crippen MR) is 111 cm³/mol. The zero-order chi connectivity index (χ0) is 20.8. The monoisotopic (exact) mass is 413 g/mol. The highest BCUT2D eigenvalue weighted by molar-refractivity contribution is 7.19. The third-order valence-electron chi connectivity index (χ3n) is 4.70. The van der Waals surface area contributed by atoms with E-state index in [0.717, 1.165) is 38.0 Å². The Morgan fingerprint density at radius 1 is 1.17 bits per heavy atom. The summed E-state index contributed by atoms with van der Waals surface area (Å²) in [5.41, 5.74) is 8.77. The Kier molecular flexibility index (Phi) is 4.70. The third kappa shape index (κ3) is 3.78. The predicted octanol–water partition coefficient (Wildman–Crippen LogP) is 5.93. The van der Waals surface area contributed by atoms with Crippen LogP contribution in [0.1, 0.15) is 27.3 Å². The summed E-state index contributed by atoms with van der Waals surface area (Å²) in [4.78, 5) is 0.985. The van der Waals surface area contributed by atoms with Gasteiger partial charge in [0.2, 0.25) is 0 Å². The van der Waals surface area contributed by atoms with Gasteiger partial charge in [0.15, 0.2) is 0 Å². The molecule has 148 valence electrons. The summed E-state index contributed by atoms with van der Waals surface area (Å²) in [5.74, 6) is 0. The van der Waals surface area contributed by atoms with Crippen molar-refractivity contribution in [2.45, 2.75) is 19.5 Å². The van der Waals surface area contributed by atoms with E-state index in [0.29, 0.717) is 17.7 Å². The van der Waals surface area contributed by atoms with Crippen molar-refractivity contribution in [3.8, 4) is 5.69 Å². The van der Waals surface area contributed by atoms with Crippen LogP contribution in [-0.2, 0) is 12.6 Å². The van der Waals surface area contributed by atoms with Crippen LogP contribution in [0.25, 0.3) is 21.5 Å². The summed E-state index contributed by atoms with van der Waals surface area (Å²) in [6, 6.07) is 13.4. The normalized spacial score (nSPS) is 11.9. The minimum Gasteiger partial charge on any atom is -0.399 e. The van der Waals surface area contributed by atoms with Crippen LogP contribution in [0.4, 0.5) is 13.2 Å². The van der Waals surface area contributed by atoms with Crippen LogP contribution in [-0.4, -0.2) is 9.78 Å². The number of hydrogen-bond donors (Lipinski definition) is 1. The molecule has 0 aliphatic rings. The number of aromatic nitrogens is 2. The average molecular weight is 413 g/mol. The quantitative estimate of drug-likeness (QED) is 0.450. The summed E-state index contributed by atoms with van der Waals surface area (Å²) < 4.78 is 41.7. The highest BCUT2D eigenvalue weighted by Crippen LogP contribution is 2.34. The lowest BCUT2D eigenvalue weighted by Crippen LogP contribution is -2.05. The number of benzene rings is 2. The maximum Gasteiger partial charge on any atom is 0.416 e. The molecule has 2 N–H and O–H groups in total. The standard InChI is InChI=1S/C22H18F3N3S/c1-13(26)19-12-28(27-14(19)2)20-8-4-6-16-11-18(29-21(16)20)10-15-5-3-7-17(9-15)22(23,24)25/h3-9,11-12H,1,10,26H2,2H3. The molecule has 4 aromatic rings. The van der Waals surface area contributed by atoms with Crippen molar-refractivity contribution < 1.29 is 13.2 Å². The fraction of sp³-hybridized carbons (Fsp3) is 0.136. The molecule has 0 fully saturated rings. The molecule has 0 amide bonds. The molecule has 2 aromatic heterocycles. The van der Waals surface area contributed by atoms with E-state index < -0.39 is 11.7 Å². The number of nitrogens with zero attached hydrogens (tertiary/aromatic N) is 2. The van der Waals surface area contributed by atoms with E-state index in [4.69, 9.17) is 5.73 Å². The van der Waals surface area contributed by atoms with Crippen molar-refractivity contribution in [2.24, 2.45) is 5.73 Å². The molecule has 7 heteroatoms. The second kappa shape index (κ2) is 7.08. The Hall–Kier alpha value is -3.06. The molecule has 3 nitrogen and oxygen atoms in total. The molecule has 2 aromatic carbocycles. The lowest BCUT2D eigenvalue weighted by Gasteiger charge is -2.08. The number of rotatable bonds is 4. The first kappa shape index (κ1) is 19.3. The largest absolute Gasteiger partial charge is 0.416 e. The van der Waals surface area contributed by atoms with Crippen LogP contribution in [0, 0.1) is 6.92 Å². The third-order valence-corrected chi connectivity index (χ3v) is 5.87. The fourth-order valence-corrected chi connectivity index (χ4v) is 4.52. The second-order valence-electron chi connectivity index (χ2n) is 6.88. The highest BCUT2D eigenvalue weighted by Gasteiger charge is 2.30. The minimum atomic E-state index is -4.34. The van der Waals surface area contributed by atoms with Gasteiger partial charge in [0, 0.05) is 28.8 Å². The van der Waals surface area contributed by atoms with Crippen molar-refractivity contribution in [2.75, 3.05) is 0 Å². The van der Waals surface area contributed by atoms with Gasteiger partial charge in [-0.15, -0.1) is 11.3 Å². The lowest BCUT2D eigenvalue weighted by atomic mass is 10.1. The summed E-state index contributed by atoms with van der Waals surface area (Å²) in [7, 11) is 0. The van der Waals surface area contributed by atoms with E-state index in [1.165, 1.54) is 12.1 Å². The molecule has 0 aliphatic carbocycles. The zero-order valence-corrected chi connectivity index (χ0v) is 16.4. The number of hydrogen-bond acceptors (Lipinski definition) is 3. The van der Waals surface area contributed by atoms with Crippen molar-refractivity contribution in [1.82, 2.24) is 9.78 Å². The topological polar surface area (TPSA) is 43.8 Å². The lowest BCUT2D eigenvalue weighted by molar-refractivity contribution is -0.137. The molecule has 0 atom stereocenters. The molecule has 0 bridgehead atoms. The summed E-state index contributed by atoms with van der Waals surface area (Å²) in [6.45, 7) is 5.65. The van der Waals surface area contributed by atoms with E-state index in [9.17, 15) is 13.2 Å². The number of thiophene rings is 1. The van der Waals surface area contributed by atoms with Gasteiger partial charge in [0.25, 0.3) is 0 Å². The Morgan fingerprint density at radius 2 is 1.93 bits per heavy atom. The summed E-state index contributed by atoms with van der Waals surface area (Å²) >= 11 is 1.55. The van der Waals surface area contributed by atoms with Gasteiger partial charge >= 0.3 is 6.18 Å². The highest BCUT2D eigenvalue weighted by atomic mass is 32.1.